The Morgan fingerprint density at radius 3 is 2.94 bits per heavy atom. The second-order valence-corrected chi connectivity index (χ2v) is 3.46. The van der Waals surface area contributed by atoms with Crippen LogP contribution in [-0.4, -0.2) is 19.7 Å². The predicted molar refractivity (Wildman–Crippen MR) is 63.3 cm³/mol. The zero-order valence-corrected chi connectivity index (χ0v) is 9.61. The molecule has 2 rings (SSSR count). The number of nitrogens with zero attached hydrogens (tertiary/aromatic N) is 4. The molecule has 0 bridgehead atoms. The molecule has 0 amide bonds. The first-order valence-electron chi connectivity index (χ1n) is 5.21. The minimum Gasteiger partial charge on any atom is -0.417 e. The number of anilines is 1. The van der Waals surface area contributed by atoms with E-state index in [4.69, 9.17) is 10.5 Å². The average Bonchev–Trinajstić information content (AvgIpc) is 2.79. The lowest BCUT2D eigenvalue weighted by Crippen LogP contribution is -1.99. The van der Waals surface area contributed by atoms with E-state index in [2.05, 4.69) is 10.1 Å². The van der Waals surface area contributed by atoms with Crippen molar-refractivity contribution in [1.82, 2.24) is 14.8 Å². The zero-order valence-electron chi connectivity index (χ0n) is 9.61. The number of nitrogens with two attached hydrogens (primary N) is 1. The molecule has 0 radical (unpaired) electrons. The molecule has 0 aromatic carbocycles. The Morgan fingerprint density at radius 1 is 1.61 bits per heavy atom. The normalized spacial score (nSPS) is 10.3. The summed E-state index contributed by atoms with van der Waals surface area (Å²) in [6.07, 6.45) is 2.83. The van der Waals surface area contributed by atoms with Gasteiger partial charge in [-0.1, -0.05) is 0 Å². The molecule has 2 aromatic rings. The summed E-state index contributed by atoms with van der Waals surface area (Å²) in [7, 11) is 0. The van der Waals surface area contributed by atoms with Gasteiger partial charge in [-0.2, -0.15) is 0 Å². The maximum absolute atomic E-state index is 10.5. The Kier molecular flexibility index (Phi) is 3.09. The van der Waals surface area contributed by atoms with Crippen LogP contribution in [-0.2, 0) is 6.54 Å². The average molecular weight is 249 g/mol. The largest absolute Gasteiger partial charge is 0.417 e. The van der Waals surface area contributed by atoms with Crippen LogP contribution in [0.3, 0.4) is 0 Å². The highest BCUT2D eigenvalue weighted by atomic mass is 16.6. The fraction of sp³-hybridized carbons (Fsp3) is 0.200. The summed E-state index contributed by atoms with van der Waals surface area (Å²) in [5.74, 6) is 0.437. The van der Waals surface area contributed by atoms with Gasteiger partial charge in [0, 0.05) is 24.9 Å². The lowest BCUT2D eigenvalue weighted by molar-refractivity contribution is -0.385. The molecule has 0 unspecified atom stereocenters. The lowest BCUT2D eigenvalue weighted by Gasteiger charge is -2.03. The molecular weight excluding hydrogens is 238 g/mol. The van der Waals surface area contributed by atoms with Crippen molar-refractivity contribution in [1.29, 1.82) is 0 Å². The van der Waals surface area contributed by atoms with Crippen molar-refractivity contribution in [3.05, 3.63) is 34.6 Å². The summed E-state index contributed by atoms with van der Waals surface area (Å²) in [4.78, 5) is 13.7. The highest BCUT2D eigenvalue weighted by Gasteiger charge is 2.12. The number of nitro groups is 1. The number of hydrogen-bond acceptors (Lipinski definition) is 6. The van der Waals surface area contributed by atoms with E-state index in [0.29, 0.717) is 12.4 Å². The summed E-state index contributed by atoms with van der Waals surface area (Å²) < 4.78 is 7.01. The van der Waals surface area contributed by atoms with Crippen molar-refractivity contribution in [2.45, 2.75) is 13.5 Å². The van der Waals surface area contributed by atoms with Gasteiger partial charge < -0.3 is 10.5 Å². The van der Waals surface area contributed by atoms with E-state index in [1.807, 2.05) is 6.92 Å². The Bertz CT molecular complexity index is 581. The number of nitrogen functional groups attached to an aromatic ring is 1. The summed E-state index contributed by atoms with van der Waals surface area (Å²) in [5.41, 5.74) is 5.53. The van der Waals surface area contributed by atoms with Gasteiger partial charge in [0.1, 0.15) is 11.9 Å². The van der Waals surface area contributed by atoms with Crippen molar-refractivity contribution in [2.75, 3.05) is 5.73 Å². The van der Waals surface area contributed by atoms with E-state index in [1.54, 1.807) is 16.9 Å². The van der Waals surface area contributed by atoms with E-state index in [9.17, 15) is 10.1 Å². The van der Waals surface area contributed by atoms with Gasteiger partial charge in [0.2, 0.25) is 11.8 Å². The molecule has 0 atom stereocenters. The van der Waals surface area contributed by atoms with Crippen LogP contribution in [0.25, 0.3) is 0 Å². The van der Waals surface area contributed by atoms with E-state index in [-0.39, 0.29) is 17.3 Å². The quantitative estimate of drug-likeness (QED) is 0.650. The van der Waals surface area contributed by atoms with Crippen LogP contribution in [0.15, 0.2) is 24.5 Å². The minimum absolute atomic E-state index is 0.0928. The molecule has 2 heterocycles. The SMILES string of the molecule is CCn1ccc(Oc2ncc([N+](=O)[O-])cc2N)n1. The summed E-state index contributed by atoms with van der Waals surface area (Å²) in [6, 6.07) is 2.85. The highest BCUT2D eigenvalue weighted by Crippen LogP contribution is 2.26. The number of rotatable bonds is 4. The number of pyridine rings is 1. The Morgan fingerprint density at radius 2 is 2.39 bits per heavy atom. The maximum Gasteiger partial charge on any atom is 0.289 e. The maximum atomic E-state index is 10.5. The molecule has 8 heteroatoms. The molecule has 2 N–H and O–H groups in total. The topological polar surface area (TPSA) is 109 Å². The Hall–Kier alpha value is -2.64. The van der Waals surface area contributed by atoms with E-state index in [0.717, 1.165) is 6.20 Å². The van der Waals surface area contributed by atoms with Crippen molar-refractivity contribution in [3.8, 4) is 11.8 Å². The van der Waals surface area contributed by atoms with Crippen molar-refractivity contribution >= 4 is 11.4 Å². The van der Waals surface area contributed by atoms with Gasteiger partial charge in [-0.05, 0) is 6.92 Å². The molecule has 0 aliphatic heterocycles. The molecule has 94 valence electrons. The van der Waals surface area contributed by atoms with Crippen LogP contribution in [0.2, 0.25) is 0 Å². The van der Waals surface area contributed by atoms with Crippen LogP contribution in [0.4, 0.5) is 11.4 Å². The number of aryl methyl sites for hydroxylation is 1. The summed E-state index contributed by atoms with van der Waals surface area (Å²) in [6.45, 7) is 2.65. The zero-order chi connectivity index (χ0) is 13.1. The Balaban J connectivity index is 2.21. The molecule has 0 saturated heterocycles. The minimum atomic E-state index is -0.570. The van der Waals surface area contributed by atoms with Crippen LogP contribution >= 0.6 is 0 Å². The van der Waals surface area contributed by atoms with Gasteiger partial charge in [-0.3, -0.25) is 14.8 Å². The molecule has 8 nitrogen and oxygen atoms in total. The fourth-order valence-electron chi connectivity index (χ4n) is 1.32. The van der Waals surface area contributed by atoms with Crippen LogP contribution in [0.1, 0.15) is 6.92 Å². The van der Waals surface area contributed by atoms with E-state index in [1.165, 1.54) is 6.07 Å². The fourth-order valence-corrected chi connectivity index (χ4v) is 1.32. The monoisotopic (exact) mass is 249 g/mol. The third-order valence-corrected chi connectivity index (χ3v) is 2.22. The van der Waals surface area contributed by atoms with Crippen LogP contribution < -0.4 is 10.5 Å². The molecule has 18 heavy (non-hydrogen) atoms. The van der Waals surface area contributed by atoms with Crippen molar-refractivity contribution in [2.24, 2.45) is 0 Å². The lowest BCUT2D eigenvalue weighted by atomic mass is 10.4. The van der Waals surface area contributed by atoms with Crippen molar-refractivity contribution in [3.63, 3.8) is 0 Å². The molecule has 0 fully saturated rings. The van der Waals surface area contributed by atoms with Gasteiger partial charge >= 0.3 is 0 Å². The first kappa shape index (κ1) is 11.8. The molecule has 0 aliphatic carbocycles. The molecule has 0 aliphatic rings. The Labute approximate surface area is 102 Å². The van der Waals surface area contributed by atoms with Gasteiger partial charge in [-0.25, -0.2) is 4.98 Å². The van der Waals surface area contributed by atoms with Gasteiger partial charge in [0.25, 0.3) is 5.69 Å². The highest BCUT2D eigenvalue weighted by molar-refractivity contribution is 5.54. The van der Waals surface area contributed by atoms with Gasteiger partial charge in [0.05, 0.1) is 4.92 Å². The van der Waals surface area contributed by atoms with E-state index < -0.39 is 4.92 Å². The first-order chi connectivity index (χ1) is 8.60. The third kappa shape index (κ3) is 2.37. The molecule has 2 aromatic heterocycles. The number of aromatic nitrogens is 3. The molecular formula is C10H11N5O3. The summed E-state index contributed by atoms with van der Waals surface area (Å²) >= 11 is 0. The second kappa shape index (κ2) is 4.70. The second-order valence-electron chi connectivity index (χ2n) is 3.46. The number of ether oxygens (including phenoxy) is 1. The number of hydrogen-bond donors (Lipinski definition) is 1. The predicted octanol–water partition coefficient (Wildman–Crippen LogP) is 1.58. The van der Waals surface area contributed by atoms with Crippen LogP contribution in [0, 0.1) is 10.1 Å². The first-order valence-corrected chi connectivity index (χ1v) is 5.21. The van der Waals surface area contributed by atoms with Gasteiger partial charge in [-0.15, -0.1) is 5.10 Å². The van der Waals surface area contributed by atoms with Crippen molar-refractivity contribution < 1.29 is 9.66 Å². The van der Waals surface area contributed by atoms with Crippen LogP contribution in [0.5, 0.6) is 11.8 Å². The summed E-state index contributed by atoms with van der Waals surface area (Å²) in [5, 5.41) is 14.6. The standard InChI is InChI=1S/C10H11N5O3/c1-2-14-4-3-9(13-14)18-10-8(11)5-7(6-12-10)15(16)17/h3-6H,2,11H2,1H3. The van der Waals surface area contributed by atoms with E-state index >= 15 is 0 Å². The third-order valence-electron chi connectivity index (χ3n) is 2.22. The van der Waals surface area contributed by atoms with Gasteiger partial charge in [0.15, 0.2) is 0 Å². The smallest absolute Gasteiger partial charge is 0.289 e. The molecule has 0 spiro atoms. The molecule has 0 saturated carbocycles.